The Hall–Kier alpha value is -2.73. The number of hydrogen-bond acceptors (Lipinski definition) is 4. The maximum absolute atomic E-state index is 12.4. The standard InChI is InChI=1S/C19H20ClN5O/c1-19(2,12-15-5-3-4-6-17(15)20)22-18(26)11-14-7-9-16(10-8-14)25-13-21-23-24-25/h3-10,13H,11-12H2,1-2H3,(H,22,26). The topological polar surface area (TPSA) is 72.7 Å². The van der Waals surface area contributed by atoms with Crippen LogP contribution in [0, 0.1) is 0 Å². The fraction of sp³-hybridized carbons (Fsp3) is 0.263. The molecule has 0 radical (unpaired) electrons. The summed E-state index contributed by atoms with van der Waals surface area (Å²) in [6.45, 7) is 3.99. The lowest BCUT2D eigenvalue weighted by atomic mass is 9.94. The van der Waals surface area contributed by atoms with Crippen LogP contribution in [0.25, 0.3) is 5.69 Å². The molecule has 1 amide bonds. The SMILES string of the molecule is CC(C)(Cc1ccccc1Cl)NC(=O)Cc1ccc(-n2cnnn2)cc1. The highest BCUT2D eigenvalue weighted by Crippen LogP contribution is 2.21. The quantitative estimate of drug-likeness (QED) is 0.725. The van der Waals surface area contributed by atoms with Crippen LogP contribution in [0.1, 0.15) is 25.0 Å². The van der Waals surface area contributed by atoms with E-state index in [0.29, 0.717) is 17.9 Å². The van der Waals surface area contributed by atoms with E-state index in [2.05, 4.69) is 20.8 Å². The van der Waals surface area contributed by atoms with Gasteiger partial charge >= 0.3 is 0 Å². The van der Waals surface area contributed by atoms with Gasteiger partial charge in [0.2, 0.25) is 5.91 Å². The van der Waals surface area contributed by atoms with E-state index in [-0.39, 0.29) is 5.91 Å². The molecule has 0 saturated heterocycles. The van der Waals surface area contributed by atoms with Gasteiger partial charge in [-0.05, 0) is 60.0 Å². The third kappa shape index (κ3) is 4.67. The minimum Gasteiger partial charge on any atom is -0.351 e. The van der Waals surface area contributed by atoms with Gasteiger partial charge in [-0.2, -0.15) is 0 Å². The molecule has 1 heterocycles. The molecule has 0 spiro atoms. The van der Waals surface area contributed by atoms with Crippen molar-refractivity contribution in [2.75, 3.05) is 0 Å². The number of benzene rings is 2. The highest BCUT2D eigenvalue weighted by molar-refractivity contribution is 6.31. The molecular formula is C19H20ClN5O. The molecule has 26 heavy (non-hydrogen) atoms. The van der Waals surface area contributed by atoms with Crippen molar-refractivity contribution >= 4 is 17.5 Å². The van der Waals surface area contributed by atoms with E-state index in [9.17, 15) is 4.79 Å². The molecule has 0 bridgehead atoms. The number of carbonyl (C=O) groups excluding carboxylic acids is 1. The van der Waals surface area contributed by atoms with Crippen LogP contribution in [0.5, 0.6) is 0 Å². The molecule has 2 aromatic carbocycles. The zero-order chi connectivity index (χ0) is 18.6. The number of aromatic nitrogens is 4. The van der Waals surface area contributed by atoms with Crippen LogP contribution in [0.3, 0.4) is 0 Å². The zero-order valence-electron chi connectivity index (χ0n) is 14.7. The molecule has 6 nitrogen and oxygen atoms in total. The average molecular weight is 370 g/mol. The first kappa shape index (κ1) is 18.1. The van der Waals surface area contributed by atoms with E-state index < -0.39 is 5.54 Å². The second-order valence-electron chi connectivity index (χ2n) is 6.80. The lowest BCUT2D eigenvalue weighted by Crippen LogP contribution is -2.45. The van der Waals surface area contributed by atoms with E-state index in [0.717, 1.165) is 16.8 Å². The number of amides is 1. The highest BCUT2D eigenvalue weighted by Gasteiger charge is 2.22. The van der Waals surface area contributed by atoms with Gasteiger partial charge in [-0.1, -0.05) is 41.9 Å². The number of nitrogens with one attached hydrogen (secondary N) is 1. The number of halogens is 1. The van der Waals surface area contributed by atoms with E-state index in [1.165, 1.54) is 6.33 Å². The number of tetrazole rings is 1. The second-order valence-corrected chi connectivity index (χ2v) is 7.21. The Morgan fingerprint density at radius 2 is 1.88 bits per heavy atom. The predicted molar refractivity (Wildman–Crippen MR) is 100 cm³/mol. The van der Waals surface area contributed by atoms with Crippen molar-refractivity contribution < 1.29 is 4.79 Å². The van der Waals surface area contributed by atoms with E-state index >= 15 is 0 Å². The molecule has 0 atom stereocenters. The van der Waals surface area contributed by atoms with Crippen molar-refractivity contribution in [3.8, 4) is 5.69 Å². The number of rotatable bonds is 6. The Labute approximate surface area is 157 Å². The van der Waals surface area contributed by atoms with Gasteiger partial charge < -0.3 is 5.32 Å². The van der Waals surface area contributed by atoms with Crippen LogP contribution in [-0.4, -0.2) is 31.7 Å². The molecule has 3 aromatic rings. The lowest BCUT2D eigenvalue weighted by molar-refractivity contribution is -0.122. The summed E-state index contributed by atoms with van der Waals surface area (Å²) >= 11 is 6.23. The largest absolute Gasteiger partial charge is 0.351 e. The Balaban J connectivity index is 1.60. The first-order valence-corrected chi connectivity index (χ1v) is 8.67. The van der Waals surface area contributed by atoms with Gasteiger partial charge in [-0.15, -0.1) is 5.10 Å². The van der Waals surface area contributed by atoms with Crippen molar-refractivity contribution in [1.82, 2.24) is 25.5 Å². The Bertz CT molecular complexity index is 875. The normalized spacial score (nSPS) is 11.3. The van der Waals surface area contributed by atoms with Crippen molar-refractivity contribution in [3.63, 3.8) is 0 Å². The van der Waals surface area contributed by atoms with Crippen LogP contribution in [0.15, 0.2) is 54.9 Å². The molecule has 1 N–H and O–H groups in total. The summed E-state index contributed by atoms with van der Waals surface area (Å²) in [5.74, 6) is -0.0303. The fourth-order valence-electron chi connectivity index (χ4n) is 2.82. The summed E-state index contributed by atoms with van der Waals surface area (Å²) in [4.78, 5) is 12.4. The maximum Gasteiger partial charge on any atom is 0.224 e. The molecule has 0 fully saturated rings. The molecule has 134 valence electrons. The molecule has 1 aromatic heterocycles. The molecule has 0 aliphatic carbocycles. The molecular weight excluding hydrogens is 350 g/mol. The van der Waals surface area contributed by atoms with Gasteiger partial charge in [0.15, 0.2) is 0 Å². The predicted octanol–water partition coefficient (Wildman–Crippen LogP) is 3.00. The van der Waals surface area contributed by atoms with E-state index in [1.807, 2.05) is 62.4 Å². The van der Waals surface area contributed by atoms with Crippen LogP contribution >= 0.6 is 11.6 Å². The van der Waals surface area contributed by atoms with Crippen LogP contribution in [0.4, 0.5) is 0 Å². The monoisotopic (exact) mass is 369 g/mol. The zero-order valence-corrected chi connectivity index (χ0v) is 15.4. The summed E-state index contributed by atoms with van der Waals surface area (Å²) in [6, 6.07) is 15.3. The Kier molecular flexibility index (Phi) is 5.32. The van der Waals surface area contributed by atoms with Gasteiger partial charge in [0.05, 0.1) is 12.1 Å². The van der Waals surface area contributed by atoms with Crippen molar-refractivity contribution in [2.24, 2.45) is 0 Å². The van der Waals surface area contributed by atoms with Gasteiger partial charge in [-0.3, -0.25) is 4.79 Å². The van der Waals surface area contributed by atoms with Gasteiger partial charge in [-0.25, -0.2) is 4.68 Å². The smallest absolute Gasteiger partial charge is 0.224 e. The minimum atomic E-state index is -0.394. The molecule has 0 aliphatic rings. The third-order valence-electron chi connectivity index (χ3n) is 3.98. The maximum atomic E-state index is 12.4. The molecule has 0 saturated carbocycles. The van der Waals surface area contributed by atoms with Gasteiger partial charge in [0.25, 0.3) is 0 Å². The lowest BCUT2D eigenvalue weighted by Gasteiger charge is -2.27. The summed E-state index contributed by atoms with van der Waals surface area (Å²) < 4.78 is 1.57. The summed E-state index contributed by atoms with van der Waals surface area (Å²) in [6.07, 6.45) is 2.50. The fourth-order valence-corrected chi connectivity index (χ4v) is 3.02. The first-order valence-electron chi connectivity index (χ1n) is 8.30. The van der Waals surface area contributed by atoms with Gasteiger partial charge in [0.1, 0.15) is 6.33 Å². The number of carbonyl (C=O) groups is 1. The first-order chi connectivity index (χ1) is 12.4. The van der Waals surface area contributed by atoms with E-state index in [4.69, 9.17) is 11.6 Å². The number of nitrogens with zero attached hydrogens (tertiary/aromatic N) is 4. The van der Waals surface area contributed by atoms with Crippen molar-refractivity contribution in [3.05, 3.63) is 71.0 Å². The Morgan fingerprint density at radius 1 is 1.15 bits per heavy atom. The summed E-state index contributed by atoms with van der Waals surface area (Å²) in [7, 11) is 0. The summed E-state index contributed by atoms with van der Waals surface area (Å²) in [5.41, 5.74) is 2.39. The van der Waals surface area contributed by atoms with Crippen LogP contribution < -0.4 is 5.32 Å². The van der Waals surface area contributed by atoms with Crippen molar-refractivity contribution in [1.29, 1.82) is 0 Å². The average Bonchev–Trinajstić information content (AvgIpc) is 3.11. The highest BCUT2D eigenvalue weighted by atomic mass is 35.5. The second kappa shape index (κ2) is 7.66. The van der Waals surface area contributed by atoms with Crippen LogP contribution in [-0.2, 0) is 17.6 Å². The van der Waals surface area contributed by atoms with Crippen molar-refractivity contribution in [2.45, 2.75) is 32.2 Å². The Morgan fingerprint density at radius 3 is 2.54 bits per heavy atom. The van der Waals surface area contributed by atoms with Crippen LogP contribution in [0.2, 0.25) is 5.02 Å². The van der Waals surface area contributed by atoms with E-state index in [1.54, 1.807) is 4.68 Å². The summed E-state index contributed by atoms with van der Waals surface area (Å²) in [5, 5.41) is 14.9. The minimum absolute atomic E-state index is 0.0303. The molecule has 3 rings (SSSR count). The third-order valence-corrected chi connectivity index (χ3v) is 4.35. The molecule has 0 unspecified atom stereocenters. The number of hydrogen-bond donors (Lipinski definition) is 1. The molecule has 0 aliphatic heterocycles. The molecule has 7 heteroatoms. The van der Waals surface area contributed by atoms with Gasteiger partial charge in [0, 0.05) is 10.6 Å².